The van der Waals surface area contributed by atoms with Crippen LogP contribution in [0.4, 0.5) is 11.4 Å². The number of carbonyl (C=O) groups is 2. The maximum atomic E-state index is 12.4. The van der Waals surface area contributed by atoms with Crippen LogP contribution in [0.2, 0.25) is 0 Å². The molecule has 0 bridgehead atoms. The van der Waals surface area contributed by atoms with Gasteiger partial charge in [-0.05, 0) is 95.6 Å². The van der Waals surface area contributed by atoms with Crippen LogP contribution < -0.4 is 24.8 Å². The number of fused-ring (bicyclic) bond motifs is 6. The minimum absolute atomic E-state index is 0.0732. The first-order chi connectivity index (χ1) is 39.5. The van der Waals surface area contributed by atoms with Gasteiger partial charge in [0.25, 0.3) is 11.4 Å². The van der Waals surface area contributed by atoms with Crippen LogP contribution in [0, 0.1) is 35.8 Å². The molecule has 7 aromatic carbocycles. The van der Waals surface area contributed by atoms with Gasteiger partial charge in [-0.1, -0.05) is 98.8 Å². The number of nitrogens with zero attached hydrogens (tertiary/aromatic N) is 6. The highest BCUT2D eigenvalue weighted by molar-refractivity contribution is 7.86. The number of nitriles is 2. The lowest BCUT2D eigenvalue weighted by Crippen LogP contribution is -2.27. The molecule has 0 atom stereocenters. The average Bonchev–Trinajstić information content (AvgIpc) is 2.37. The number of carbonyl (C=O) groups excluding carboxylic acids is 2. The lowest BCUT2D eigenvalue weighted by Gasteiger charge is -2.24. The monoisotopic (exact) mass is 1150 g/mol. The number of ether oxygens (including phenoxy) is 4. The number of likely N-dealkylation sites (N-methyl/N-ethyl adjacent to an activating group) is 1. The van der Waals surface area contributed by atoms with Crippen molar-refractivity contribution in [3.05, 3.63) is 213 Å². The molecule has 83 heavy (non-hydrogen) atoms. The molecule has 20 heteroatoms. The topological polar surface area (TPSA) is 248 Å². The van der Waals surface area contributed by atoms with Crippen LogP contribution in [0.5, 0.6) is 11.5 Å². The van der Waals surface area contributed by atoms with E-state index in [2.05, 4.69) is 152 Å². The predicted molar refractivity (Wildman–Crippen MR) is 308 cm³/mol. The normalized spacial score (nSPS) is 15.2. The van der Waals surface area contributed by atoms with E-state index < -0.39 is 90.9 Å². The molecule has 0 saturated carbocycles. The summed E-state index contributed by atoms with van der Waals surface area (Å²) >= 11 is 0. The number of anilines is 1. The van der Waals surface area contributed by atoms with Crippen molar-refractivity contribution in [1.82, 2.24) is 0 Å². The average molecular weight is 1150 g/mol. The zero-order valence-corrected chi connectivity index (χ0v) is 47.3. The van der Waals surface area contributed by atoms with Crippen molar-refractivity contribution in [3.63, 3.8) is 0 Å². The smallest absolute Gasteiger partial charge is 0.339 e. The molecule has 0 fully saturated rings. The Morgan fingerprint density at radius 2 is 1.08 bits per heavy atom. The molecular weight excluding hydrogens is 1100 g/mol. The quantitative estimate of drug-likeness (QED) is 0.0324. The van der Waals surface area contributed by atoms with Gasteiger partial charge in [-0.2, -0.15) is 4.58 Å². The molecule has 9 rings (SSSR count). The van der Waals surface area contributed by atoms with E-state index in [-0.39, 0.29) is 32.8 Å². The first-order valence-corrected chi connectivity index (χ1v) is 28.3. The first kappa shape index (κ1) is 59.2. The maximum absolute atomic E-state index is 12.4. The Hall–Kier alpha value is -9.93. The van der Waals surface area contributed by atoms with Gasteiger partial charge in [0, 0.05) is 52.0 Å². The second kappa shape index (κ2) is 24.0. The van der Waals surface area contributed by atoms with Crippen LogP contribution in [0.25, 0.3) is 42.6 Å². The Bertz CT molecular complexity index is 4290. The molecule has 2 aliphatic heterocycles. The largest absolute Gasteiger partial charge is 0.744 e. The van der Waals surface area contributed by atoms with Gasteiger partial charge in [-0.25, -0.2) is 46.6 Å². The molecule has 0 amide bonds. The zero-order chi connectivity index (χ0) is 60.0. The van der Waals surface area contributed by atoms with Crippen molar-refractivity contribution in [1.29, 1.82) is 10.5 Å². The molecule has 0 aliphatic carbocycles. The summed E-state index contributed by atoms with van der Waals surface area (Å²) in [7, 11) is -5.59. The van der Waals surface area contributed by atoms with Gasteiger partial charge in [0.15, 0.2) is 5.71 Å². The predicted octanol–water partition coefficient (Wildman–Crippen LogP) is 8.94. The van der Waals surface area contributed by atoms with Crippen LogP contribution in [-0.2, 0) is 40.5 Å². The highest BCUT2D eigenvalue weighted by Gasteiger charge is 2.44. The first-order valence-electron chi connectivity index (χ1n) is 25.4. The Kier molecular flexibility index (Phi) is 17.1. The van der Waals surface area contributed by atoms with Gasteiger partial charge < -0.3 is 33.0 Å². The van der Waals surface area contributed by atoms with Crippen molar-refractivity contribution in [2.45, 2.75) is 48.3 Å². The molecule has 418 valence electrons. The molecule has 2 heterocycles. The van der Waals surface area contributed by atoms with E-state index in [0.29, 0.717) is 0 Å². The summed E-state index contributed by atoms with van der Waals surface area (Å²) in [6, 6.07) is 41.2. The van der Waals surface area contributed by atoms with Crippen LogP contribution in [0.15, 0.2) is 167 Å². The summed E-state index contributed by atoms with van der Waals surface area (Å²) in [6.07, 6.45) is 6.88. The van der Waals surface area contributed by atoms with E-state index in [1.54, 1.807) is 12.1 Å². The third kappa shape index (κ3) is 12.0. The summed E-state index contributed by atoms with van der Waals surface area (Å²) in [5.74, 6) is -2.75. The highest BCUT2D eigenvalue weighted by atomic mass is 32.2. The van der Waals surface area contributed by atoms with E-state index >= 15 is 0 Å². The van der Waals surface area contributed by atoms with Crippen molar-refractivity contribution in [3.8, 4) is 23.6 Å². The number of allylic oxidation sites excluding steroid dienone is 4. The Morgan fingerprint density at radius 1 is 0.639 bits per heavy atom. The summed E-state index contributed by atoms with van der Waals surface area (Å²) in [5, 5.41) is 24.0. The molecule has 18 nitrogen and oxygen atoms in total. The maximum Gasteiger partial charge on any atom is 0.339 e. The lowest BCUT2D eigenvalue weighted by molar-refractivity contribution is -0.401. The standard InChI is InChI=1S/C33H33N2.C30H20N4O12S2/c1-32(2)28(34(5)26-20-18-22-12-7-9-14-24(22)30(26)32)16-11-17-29-33(3,4)31-25-15-10-8-13-23(25)19-21-27(31)35(29)6;1-33-23(17-31)21-15-26(44-12-14-46-30(36)20-8-4-6-10-28(20)48(40,41)42)22(24(18-32)34-2)16-25(21)43-11-13-45-29(35)19-7-3-5-9-27(19)47(37,38)39/h7-21H,1-6H3;3-10,15-16H,11-14H2,(H,37,38,39)(H,40,41,42)/q+1;/p-2/b;23-21-,24-22+. The fraction of sp³-hybridized carbons (Fsp3) is 0.190. The molecule has 0 unspecified atom stereocenters. The van der Waals surface area contributed by atoms with Crippen LogP contribution in [0.3, 0.4) is 0 Å². The fourth-order valence-electron chi connectivity index (χ4n) is 10.5. The van der Waals surface area contributed by atoms with Crippen LogP contribution in [0.1, 0.15) is 59.5 Å². The van der Waals surface area contributed by atoms with Gasteiger partial charge in [-0.15, -0.1) is 0 Å². The SMILES string of the molecule is CN1C(=CC=CC2=[N+](C)c3ccc4ccccc4c3C2(C)C)C(C)(C)c2c1ccc1ccccc21.[C-]#[N+]/C(C#N)=c1/cc(OCCOC(=O)c2ccccc2S(=O)(=O)[O-])/c(=C(\C#N)[N+]#[C-])cc1OCCOC(=O)c1ccccc1S(=O)(=O)[O-]. The van der Waals surface area contributed by atoms with E-state index in [9.17, 15) is 46.1 Å². The number of hydrogen-bond acceptors (Lipinski definition) is 15. The highest BCUT2D eigenvalue weighted by Crippen LogP contribution is 2.50. The zero-order valence-electron chi connectivity index (χ0n) is 45.7. The molecule has 0 N–H and O–H groups in total. The van der Waals surface area contributed by atoms with Gasteiger partial charge in [0.1, 0.15) is 65.2 Å². The van der Waals surface area contributed by atoms with E-state index in [0.717, 1.165) is 36.4 Å². The number of hydrogen-bond donors (Lipinski definition) is 0. The molecular formula is C63H51N6O12S2-. The minimum atomic E-state index is -4.99. The summed E-state index contributed by atoms with van der Waals surface area (Å²) in [5.41, 5.74) is 5.88. The summed E-state index contributed by atoms with van der Waals surface area (Å²) < 4.78 is 92.3. The van der Waals surface area contributed by atoms with Crippen molar-refractivity contribution in [2.75, 3.05) is 45.4 Å². The molecule has 2 aliphatic rings. The third-order valence-corrected chi connectivity index (χ3v) is 16.0. The molecule has 0 aromatic heterocycles. The van der Waals surface area contributed by atoms with Crippen molar-refractivity contribution < 1.29 is 59.1 Å². The summed E-state index contributed by atoms with van der Waals surface area (Å²) in [4.78, 5) is 31.9. The van der Waals surface area contributed by atoms with Crippen molar-refractivity contribution in [2.24, 2.45) is 0 Å². The molecule has 7 aromatic rings. The second-order valence-corrected chi connectivity index (χ2v) is 22.6. The minimum Gasteiger partial charge on any atom is -0.744 e. The van der Waals surface area contributed by atoms with Gasteiger partial charge in [-0.3, -0.25) is 0 Å². The summed E-state index contributed by atoms with van der Waals surface area (Å²) in [6.45, 7) is 22.2. The van der Waals surface area contributed by atoms with Crippen LogP contribution >= 0.6 is 0 Å². The number of esters is 2. The van der Waals surface area contributed by atoms with Gasteiger partial charge in [0.2, 0.25) is 5.69 Å². The Labute approximate surface area is 479 Å². The molecule has 0 saturated heterocycles. The van der Waals surface area contributed by atoms with Gasteiger partial charge in [0.05, 0.1) is 51.6 Å². The van der Waals surface area contributed by atoms with Gasteiger partial charge >= 0.3 is 11.9 Å². The Morgan fingerprint density at radius 3 is 1.55 bits per heavy atom. The van der Waals surface area contributed by atoms with Crippen molar-refractivity contribution >= 4 is 82.2 Å². The van der Waals surface area contributed by atoms with E-state index in [1.165, 1.54) is 79.7 Å². The van der Waals surface area contributed by atoms with E-state index in [1.807, 2.05) is 0 Å². The number of benzene rings is 7. The molecule has 0 radical (unpaired) electrons. The lowest BCUT2D eigenvalue weighted by atomic mass is 9.79. The third-order valence-electron chi connectivity index (χ3n) is 14.2. The van der Waals surface area contributed by atoms with Crippen LogP contribution in [-0.4, -0.2) is 88.7 Å². The molecule has 0 spiro atoms. The second-order valence-electron chi connectivity index (χ2n) is 19.9. The van der Waals surface area contributed by atoms with E-state index in [4.69, 9.17) is 32.1 Å². The number of rotatable bonds is 14. The Balaban J connectivity index is 0.000000226. The fourth-order valence-corrected chi connectivity index (χ4v) is 11.8.